The van der Waals surface area contributed by atoms with Gasteiger partial charge in [0.15, 0.2) is 5.16 Å². The fourth-order valence-electron chi connectivity index (χ4n) is 3.35. The summed E-state index contributed by atoms with van der Waals surface area (Å²) in [5, 5.41) is 3.81. The van der Waals surface area contributed by atoms with Crippen molar-refractivity contribution in [3.63, 3.8) is 0 Å². The van der Waals surface area contributed by atoms with Crippen LogP contribution in [0.1, 0.15) is 48.2 Å². The van der Waals surface area contributed by atoms with E-state index in [-0.39, 0.29) is 10.8 Å². The van der Waals surface area contributed by atoms with E-state index in [1.165, 1.54) is 26.0 Å². The molecule has 0 saturated heterocycles. The summed E-state index contributed by atoms with van der Waals surface area (Å²) >= 11 is 1.44. The number of carbonyl (C=O) groups excluding carboxylic acids is 2. The highest BCUT2D eigenvalue weighted by Gasteiger charge is 2.36. The molecule has 1 aromatic heterocycles. The number of thioether (sulfide) groups is 1. The van der Waals surface area contributed by atoms with Gasteiger partial charge in [0.05, 0.1) is 36.8 Å². The zero-order valence-electron chi connectivity index (χ0n) is 17.4. The molecule has 1 aromatic carbocycles. The third-order valence-electron chi connectivity index (χ3n) is 4.64. The van der Waals surface area contributed by atoms with Crippen LogP contribution in [0, 0.1) is 0 Å². The molecule has 0 amide bonds. The Labute approximate surface area is 178 Å². The minimum Gasteiger partial charge on any atom is -0.466 e. The van der Waals surface area contributed by atoms with E-state index in [2.05, 4.69) is 15.3 Å². The Balaban J connectivity index is 2.19. The van der Waals surface area contributed by atoms with Crippen molar-refractivity contribution in [2.45, 2.75) is 37.1 Å². The summed E-state index contributed by atoms with van der Waals surface area (Å²) in [6.45, 7) is 5.75. The number of benzene rings is 1. The number of allylic oxidation sites excluding steroid dienone is 1. The molecule has 2 heterocycles. The molecule has 0 aliphatic carbocycles. The average Bonchev–Trinajstić information content (AvgIpc) is 2.71. The molecule has 1 aliphatic rings. The van der Waals surface area contributed by atoms with E-state index in [1.807, 2.05) is 13.8 Å². The van der Waals surface area contributed by atoms with Crippen molar-refractivity contribution in [2.75, 3.05) is 19.5 Å². The molecule has 1 aliphatic heterocycles. The number of rotatable bonds is 5. The number of esters is 2. The van der Waals surface area contributed by atoms with Crippen LogP contribution in [0.25, 0.3) is 0 Å². The van der Waals surface area contributed by atoms with E-state index < -0.39 is 17.9 Å². The highest BCUT2D eigenvalue weighted by atomic mass is 32.2. The third kappa shape index (κ3) is 4.11. The van der Waals surface area contributed by atoms with Crippen molar-refractivity contribution in [2.24, 2.45) is 0 Å². The maximum absolute atomic E-state index is 13.0. The summed E-state index contributed by atoms with van der Waals surface area (Å²) in [6, 6.07) is 6.58. The number of methoxy groups -OCH3 is 2. The minimum atomic E-state index is -0.699. The van der Waals surface area contributed by atoms with Crippen molar-refractivity contribution < 1.29 is 19.1 Å². The average molecular weight is 429 g/mol. The van der Waals surface area contributed by atoms with Crippen molar-refractivity contribution in [1.29, 1.82) is 0 Å². The second-order valence-corrected chi connectivity index (χ2v) is 8.57. The first-order valence-corrected chi connectivity index (χ1v) is 10.2. The van der Waals surface area contributed by atoms with Gasteiger partial charge >= 0.3 is 11.9 Å². The van der Waals surface area contributed by atoms with Gasteiger partial charge in [-0.3, -0.25) is 4.79 Å². The number of aromatic nitrogens is 2. The van der Waals surface area contributed by atoms with E-state index in [0.717, 1.165) is 0 Å². The molecule has 8 nitrogen and oxygen atoms in total. The van der Waals surface area contributed by atoms with Gasteiger partial charge in [-0.2, -0.15) is 0 Å². The SMILES string of the molecule is COC(=O)C1=C(C)Nc2nc(SC(C)C)[nH]c(=O)c2[C@@H]1c1ccc(C(=O)OC)cc1. The fraction of sp³-hybridized carbons (Fsp3) is 0.333. The predicted molar refractivity (Wildman–Crippen MR) is 114 cm³/mol. The van der Waals surface area contributed by atoms with Crippen LogP contribution < -0.4 is 10.9 Å². The number of nitrogens with zero attached hydrogens (tertiary/aromatic N) is 1. The topological polar surface area (TPSA) is 110 Å². The Hall–Kier alpha value is -3.07. The van der Waals surface area contributed by atoms with Crippen molar-refractivity contribution in [3.05, 3.63) is 62.6 Å². The van der Waals surface area contributed by atoms with E-state index >= 15 is 0 Å². The van der Waals surface area contributed by atoms with Gasteiger partial charge in [-0.05, 0) is 24.6 Å². The first-order chi connectivity index (χ1) is 14.3. The summed E-state index contributed by atoms with van der Waals surface area (Å²) in [6.07, 6.45) is 0. The maximum Gasteiger partial charge on any atom is 0.337 e. The van der Waals surface area contributed by atoms with E-state index in [0.29, 0.717) is 38.9 Å². The van der Waals surface area contributed by atoms with Crippen LogP contribution in [-0.4, -0.2) is 41.4 Å². The van der Waals surface area contributed by atoms with Crippen LogP contribution in [0.3, 0.4) is 0 Å². The molecule has 0 saturated carbocycles. The van der Waals surface area contributed by atoms with E-state index in [9.17, 15) is 14.4 Å². The smallest absolute Gasteiger partial charge is 0.337 e. The Morgan fingerprint density at radius 2 is 1.73 bits per heavy atom. The van der Waals surface area contributed by atoms with Crippen molar-refractivity contribution >= 4 is 29.5 Å². The Bertz CT molecular complexity index is 1070. The van der Waals surface area contributed by atoms with Crippen molar-refractivity contribution in [1.82, 2.24) is 9.97 Å². The van der Waals surface area contributed by atoms with Gasteiger partial charge in [0.2, 0.25) is 0 Å². The highest BCUT2D eigenvalue weighted by Crippen LogP contribution is 2.40. The molecular weight excluding hydrogens is 406 g/mol. The van der Waals surface area contributed by atoms with Gasteiger partial charge in [0.1, 0.15) is 5.82 Å². The van der Waals surface area contributed by atoms with Crippen LogP contribution in [0.2, 0.25) is 0 Å². The standard InChI is InChI=1S/C21H23N3O5S/c1-10(2)30-21-23-17-16(18(25)24-21)15(14(11(3)22-17)20(27)29-5)12-6-8-13(9-7-12)19(26)28-4/h6-10,15H,1-5H3,(H2,22,23,24,25)/t15-/m1/s1. The lowest BCUT2D eigenvalue weighted by atomic mass is 9.82. The number of hydrogen-bond acceptors (Lipinski definition) is 8. The maximum atomic E-state index is 13.0. The van der Waals surface area contributed by atoms with Crippen LogP contribution in [0.5, 0.6) is 0 Å². The molecule has 0 spiro atoms. The Kier molecular flexibility index (Phi) is 6.31. The number of fused-ring (bicyclic) bond motifs is 1. The van der Waals surface area contributed by atoms with E-state index in [1.54, 1.807) is 31.2 Å². The quantitative estimate of drug-likeness (QED) is 0.424. The fourth-order valence-corrected chi connectivity index (χ4v) is 4.10. The number of nitrogens with one attached hydrogen (secondary N) is 2. The molecule has 1 atom stereocenters. The monoisotopic (exact) mass is 429 g/mol. The molecule has 0 fully saturated rings. The molecule has 2 N–H and O–H groups in total. The Morgan fingerprint density at radius 1 is 1.10 bits per heavy atom. The molecule has 2 aromatic rings. The number of carbonyl (C=O) groups is 2. The van der Waals surface area contributed by atoms with Crippen LogP contribution in [-0.2, 0) is 14.3 Å². The Morgan fingerprint density at radius 3 is 2.30 bits per heavy atom. The summed E-state index contributed by atoms with van der Waals surface area (Å²) in [5.74, 6) is -1.32. The number of ether oxygens (including phenoxy) is 2. The molecule has 3 rings (SSSR count). The van der Waals surface area contributed by atoms with Crippen molar-refractivity contribution in [3.8, 4) is 0 Å². The van der Waals surface area contributed by atoms with Gasteiger partial charge < -0.3 is 19.8 Å². The lowest BCUT2D eigenvalue weighted by Crippen LogP contribution is -2.31. The summed E-state index contributed by atoms with van der Waals surface area (Å²) in [7, 11) is 2.60. The second-order valence-electron chi connectivity index (χ2n) is 7.00. The highest BCUT2D eigenvalue weighted by molar-refractivity contribution is 7.99. The molecule has 30 heavy (non-hydrogen) atoms. The van der Waals surface area contributed by atoms with Crippen LogP contribution >= 0.6 is 11.8 Å². The second kappa shape index (κ2) is 8.74. The predicted octanol–water partition coefficient (Wildman–Crippen LogP) is 3.06. The molecular formula is C21H23N3O5S. The molecule has 0 radical (unpaired) electrons. The van der Waals surface area contributed by atoms with Gasteiger partial charge in [-0.25, -0.2) is 14.6 Å². The third-order valence-corrected chi connectivity index (χ3v) is 5.53. The molecule has 158 valence electrons. The minimum absolute atomic E-state index is 0.235. The zero-order chi connectivity index (χ0) is 22.0. The number of anilines is 1. The van der Waals surface area contributed by atoms with Gasteiger partial charge in [0, 0.05) is 10.9 Å². The molecule has 9 heteroatoms. The summed E-state index contributed by atoms with van der Waals surface area (Å²) in [5.41, 5.74) is 1.86. The largest absolute Gasteiger partial charge is 0.466 e. The van der Waals surface area contributed by atoms with Gasteiger partial charge in [-0.1, -0.05) is 37.7 Å². The number of H-pyrrole nitrogens is 1. The van der Waals surface area contributed by atoms with Crippen LogP contribution in [0.4, 0.5) is 5.82 Å². The normalized spacial score (nSPS) is 15.5. The first-order valence-electron chi connectivity index (χ1n) is 9.32. The summed E-state index contributed by atoms with van der Waals surface area (Å²) < 4.78 is 9.71. The van der Waals surface area contributed by atoms with Gasteiger partial charge in [0.25, 0.3) is 5.56 Å². The number of aromatic amines is 1. The summed E-state index contributed by atoms with van der Waals surface area (Å²) in [4.78, 5) is 44.7. The van der Waals surface area contributed by atoms with E-state index in [4.69, 9.17) is 9.47 Å². The number of hydrogen-bond donors (Lipinski definition) is 2. The zero-order valence-corrected chi connectivity index (χ0v) is 18.2. The lowest BCUT2D eigenvalue weighted by Gasteiger charge is -2.28. The molecule has 0 unspecified atom stereocenters. The first kappa shape index (κ1) is 21.6. The van der Waals surface area contributed by atoms with Gasteiger partial charge in [-0.15, -0.1) is 0 Å². The lowest BCUT2D eigenvalue weighted by molar-refractivity contribution is -0.136. The molecule has 0 bridgehead atoms. The van der Waals surface area contributed by atoms with Crippen LogP contribution in [0.15, 0.2) is 45.5 Å².